The van der Waals surface area contributed by atoms with Crippen LogP contribution in [0.3, 0.4) is 0 Å². The number of fused-ring (bicyclic) bond motifs is 2. The fourth-order valence-corrected chi connectivity index (χ4v) is 4.66. The Morgan fingerprint density at radius 1 is 1.35 bits per heavy atom. The largest absolute Gasteiger partial charge is 0.328 e. The summed E-state index contributed by atoms with van der Waals surface area (Å²) in [5.41, 5.74) is 7.78. The van der Waals surface area contributed by atoms with E-state index < -0.39 is 0 Å². The molecule has 0 aliphatic heterocycles. The van der Waals surface area contributed by atoms with E-state index in [9.17, 15) is 0 Å². The van der Waals surface area contributed by atoms with Crippen LogP contribution in [0.15, 0.2) is 16.8 Å². The van der Waals surface area contributed by atoms with Crippen molar-refractivity contribution in [2.24, 2.45) is 23.5 Å². The van der Waals surface area contributed by atoms with Crippen molar-refractivity contribution in [1.29, 1.82) is 0 Å². The number of rotatable bonds is 5. The molecule has 0 saturated heterocycles. The van der Waals surface area contributed by atoms with Gasteiger partial charge in [0.05, 0.1) is 0 Å². The summed E-state index contributed by atoms with van der Waals surface area (Å²) in [7, 11) is 0. The summed E-state index contributed by atoms with van der Waals surface area (Å²) < 4.78 is 0. The molecular weight excluding hydrogens is 226 g/mol. The molecule has 2 aliphatic carbocycles. The molecule has 2 bridgehead atoms. The first kappa shape index (κ1) is 11.7. The van der Waals surface area contributed by atoms with Crippen LogP contribution in [0.1, 0.15) is 44.1 Å². The van der Waals surface area contributed by atoms with Crippen molar-refractivity contribution in [3.63, 3.8) is 0 Å². The Kier molecular flexibility index (Phi) is 3.53. The minimum atomic E-state index is 0.430. The standard InChI is InChI=1S/C15H23NS/c16-15(4-2-11-5-6-17-10-11)9-14-8-12-1-3-13(14)7-12/h5-6,10,12-15H,1-4,7-9,16H2. The van der Waals surface area contributed by atoms with Crippen molar-refractivity contribution in [2.75, 3.05) is 0 Å². The molecule has 2 aliphatic rings. The normalized spacial score (nSPS) is 33.1. The third kappa shape index (κ3) is 2.74. The maximum absolute atomic E-state index is 6.31. The van der Waals surface area contributed by atoms with E-state index in [1.165, 1.54) is 50.5 Å². The van der Waals surface area contributed by atoms with E-state index in [1.54, 1.807) is 11.3 Å². The maximum Gasteiger partial charge on any atom is 0.00447 e. The zero-order valence-corrected chi connectivity index (χ0v) is 11.3. The van der Waals surface area contributed by atoms with Crippen LogP contribution in [0, 0.1) is 17.8 Å². The van der Waals surface area contributed by atoms with E-state index in [0.717, 1.165) is 17.8 Å². The lowest BCUT2D eigenvalue weighted by Crippen LogP contribution is -2.26. The Balaban J connectivity index is 1.43. The Labute approximate surface area is 108 Å². The molecule has 4 atom stereocenters. The minimum Gasteiger partial charge on any atom is -0.328 e. The van der Waals surface area contributed by atoms with Gasteiger partial charge in [0.25, 0.3) is 0 Å². The fourth-order valence-electron chi connectivity index (χ4n) is 3.96. The van der Waals surface area contributed by atoms with Crippen LogP contribution in [0.5, 0.6) is 0 Å². The lowest BCUT2D eigenvalue weighted by atomic mass is 9.83. The van der Waals surface area contributed by atoms with Crippen LogP contribution >= 0.6 is 11.3 Å². The summed E-state index contributed by atoms with van der Waals surface area (Å²) in [6.07, 6.45) is 9.62. The van der Waals surface area contributed by atoms with Crippen molar-refractivity contribution < 1.29 is 0 Å². The molecule has 0 spiro atoms. The summed E-state index contributed by atoms with van der Waals surface area (Å²) in [6, 6.07) is 2.66. The first-order chi connectivity index (χ1) is 8.31. The van der Waals surface area contributed by atoms with Gasteiger partial charge in [0, 0.05) is 6.04 Å². The van der Waals surface area contributed by atoms with Crippen LogP contribution in [0.25, 0.3) is 0 Å². The van der Waals surface area contributed by atoms with Crippen LogP contribution in [-0.4, -0.2) is 6.04 Å². The highest BCUT2D eigenvalue weighted by molar-refractivity contribution is 7.07. The van der Waals surface area contributed by atoms with E-state index >= 15 is 0 Å². The number of aryl methyl sites for hydroxylation is 1. The Morgan fingerprint density at radius 3 is 2.94 bits per heavy atom. The molecule has 0 radical (unpaired) electrons. The zero-order valence-electron chi connectivity index (χ0n) is 10.5. The maximum atomic E-state index is 6.31. The molecular formula is C15H23NS. The van der Waals surface area contributed by atoms with Gasteiger partial charge in [-0.3, -0.25) is 0 Å². The van der Waals surface area contributed by atoms with E-state index in [0.29, 0.717) is 6.04 Å². The van der Waals surface area contributed by atoms with Crippen LogP contribution in [0.2, 0.25) is 0 Å². The third-order valence-corrected chi connectivity index (χ3v) is 5.61. The molecule has 2 saturated carbocycles. The smallest absolute Gasteiger partial charge is 0.00447 e. The Bertz CT molecular complexity index is 346. The SMILES string of the molecule is NC(CCc1ccsc1)CC1CC2CCC1C2. The second-order valence-electron chi connectivity index (χ2n) is 6.10. The Hall–Kier alpha value is -0.340. The highest BCUT2D eigenvalue weighted by atomic mass is 32.1. The summed E-state index contributed by atoms with van der Waals surface area (Å²) in [5.74, 6) is 3.06. The van der Waals surface area contributed by atoms with Crippen LogP contribution < -0.4 is 5.73 Å². The van der Waals surface area contributed by atoms with E-state index in [1.807, 2.05) is 0 Å². The molecule has 2 heteroatoms. The van der Waals surface area contributed by atoms with E-state index in [2.05, 4.69) is 16.8 Å². The molecule has 0 aromatic carbocycles. The van der Waals surface area contributed by atoms with Gasteiger partial charge in [-0.2, -0.15) is 11.3 Å². The van der Waals surface area contributed by atoms with Gasteiger partial charge in [0.1, 0.15) is 0 Å². The molecule has 0 amide bonds. The lowest BCUT2D eigenvalue weighted by Gasteiger charge is -2.24. The van der Waals surface area contributed by atoms with Gasteiger partial charge >= 0.3 is 0 Å². The topological polar surface area (TPSA) is 26.0 Å². The summed E-state index contributed by atoms with van der Waals surface area (Å²) in [5, 5.41) is 4.42. The first-order valence-corrected chi connectivity index (χ1v) is 8.02. The van der Waals surface area contributed by atoms with Crippen LogP contribution in [0.4, 0.5) is 0 Å². The highest BCUT2D eigenvalue weighted by Crippen LogP contribution is 2.49. The minimum absolute atomic E-state index is 0.430. The van der Waals surface area contributed by atoms with Crippen molar-refractivity contribution in [2.45, 2.75) is 51.0 Å². The molecule has 1 aromatic heterocycles. The van der Waals surface area contributed by atoms with Gasteiger partial charge in [0.15, 0.2) is 0 Å². The molecule has 17 heavy (non-hydrogen) atoms. The fraction of sp³-hybridized carbons (Fsp3) is 0.733. The number of nitrogens with two attached hydrogens (primary N) is 1. The quantitative estimate of drug-likeness (QED) is 0.843. The molecule has 3 rings (SSSR count). The second kappa shape index (κ2) is 5.11. The van der Waals surface area contributed by atoms with Crippen LogP contribution in [-0.2, 0) is 6.42 Å². The van der Waals surface area contributed by atoms with Gasteiger partial charge in [-0.15, -0.1) is 0 Å². The Morgan fingerprint density at radius 2 is 2.29 bits per heavy atom. The average Bonchev–Trinajstić information content (AvgIpc) is 3.03. The predicted molar refractivity (Wildman–Crippen MR) is 74.2 cm³/mol. The average molecular weight is 249 g/mol. The molecule has 1 nitrogen and oxygen atoms in total. The molecule has 2 fully saturated rings. The second-order valence-corrected chi connectivity index (χ2v) is 6.88. The van der Waals surface area contributed by atoms with Crippen molar-refractivity contribution in [1.82, 2.24) is 0 Å². The number of hydrogen-bond acceptors (Lipinski definition) is 2. The van der Waals surface area contributed by atoms with Gasteiger partial charge in [-0.05, 0) is 78.7 Å². The van der Waals surface area contributed by atoms with Crippen molar-refractivity contribution >= 4 is 11.3 Å². The molecule has 2 N–H and O–H groups in total. The summed E-state index contributed by atoms with van der Waals surface area (Å²) >= 11 is 1.79. The van der Waals surface area contributed by atoms with E-state index in [4.69, 9.17) is 5.73 Å². The van der Waals surface area contributed by atoms with Gasteiger partial charge in [0.2, 0.25) is 0 Å². The lowest BCUT2D eigenvalue weighted by molar-refractivity contribution is 0.290. The monoisotopic (exact) mass is 249 g/mol. The van der Waals surface area contributed by atoms with E-state index in [-0.39, 0.29) is 0 Å². The highest BCUT2D eigenvalue weighted by Gasteiger charge is 2.39. The van der Waals surface area contributed by atoms with Crippen molar-refractivity contribution in [3.8, 4) is 0 Å². The first-order valence-electron chi connectivity index (χ1n) is 7.08. The molecule has 94 valence electrons. The van der Waals surface area contributed by atoms with Gasteiger partial charge < -0.3 is 5.73 Å². The summed E-state index contributed by atoms with van der Waals surface area (Å²) in [4.78, 5) is 0. The zero-order chi connectivity index (χ0) is 11.7. The predicted octanol–water partition coefficient (Wildman–Crippen LogP) is 3.83. The van der Waals surface area contributed by atoms with Crippen molar-refractivity contribution in [3.05, 3.63) is 22.4 Å². The van der Waals surface area contributed by atoms with Gasteiger partial charge in [-0.25, -0.2) is 0 Å². The molecule has 4 unspecified atom stereocenters. The molecule has 1 aromatic rings. The number of thiophene rings is 1. The summed E-state index contributed by atoms with van der Waals surface area (Å²) in [6.45, 7) is 0. The molecule has 1 heterocycles. The third-order valence-electron chi connectivity index (χ3n) is 4.87. The number of hydrogen-bond donors (Lipinski definition) is 1. The van der Waals surface area contributed by atoms with Gasteiger partial charge in [-0.1, -0.05) is 6.42 Å².